The van der Waals surface area contributed by atoms with Gasteiger partial charge in [0.15, 0.2) is 0 Å². The average Bonchev–Trinajstić information content (AvgIpc) is 2.48. The Hall–Kier alpha value is -1.93. The number of rotatable bonds is 7. The number of carbonyl (C=O) groups is 2. The molecule has 1 amide bonds. The first-order valence-corrected chi connectivity index (χ1v) is 8.85. The van der Waals surface area contributed by atoms with Crippen LogP contribution in [-0.2, 0) is 26.0 Å². The molecule has 1 aromatic carbocycles. The van der Waals surface area contributed by atoms with Crippen molar-refractivity contribution in [2.45, 2.75) is 36.6 Å². The van der Waals surface area contributed by atoms with E-state index in [2.05, 4.69) is 10.0 Å². The Morgan fingerprint density at radius 3 is 2.35 bits per heavy atom. The molecule has 0 atom stereocenters. The van der Waals surface area contributed by atoms with Crippen molar-refractivity contribution < 1.29 is 23.1 Å². The quantitative estimate of drug-likeness (QED) is 0.669. The molecule has 126 valence electrons. The summed E-state index contributed by atoms with van der Waals surface area (Å²) >= 11 is 0. The molecule has 2 rings (SSSR count). The van der Waals surface area contributed by atoms with Crippen molar-refractivity contribution in [3.63, 3.8) is 0 Å². The number of nitrogens with one attached hydrogen (secondary N) is 2. The summed E-state index contributed by atoms with van der Waals surface area (Å²) in [5.74, 6) is -1.28. The standard InChI is InChI=1S/C15H20N2O5S/c1-16-23(21,22)13-5-2-10(3-6-13)4-7-14(18)17-12-8-11(9-12)15(19)20/h2-3,5-6,11-12,16H,4,7-9H2,1H3,(H,17,18)(H,19,20). The van der Waals surface area contributed by atoms with Crippen LogP contribution < -0.4 is 10.0 Å². The Morgan fingerprint density at radius 2 is 1.83 bits per heavy atom. The molecule has 0 saturated heterocycles. The summed E-state index contributed by atoms with van der Waals surface area (Å²) < 4.78 is 25.4. The van der Waals surface area contributed by atoms with Crippen molar-refractivity contribution in [3.05, 3.63) is 29.8 Å². The second-order valence-corrected chi connectivity index (χ2v) is 7.51. The van der Waals surface area contributed by atoms with Crippen molar-refractivity contribution in [1.82, 2.24) is 10.0 Å². The van der Waals surface area contributed by atoms with E-state index >= 15 is 0 Å². The molecule has 0 bridgehead atoms. The Labute approximate surface area is 135 Å². The fourth-order valence-electron chi connectivity index (χ4n) is 2.45. The van der Waals surface area contributed by atoms with Gasteiger partial charge in [-0.25, -0.2) is 13.1 Å². The largest absolute Gasteiger partial charge is 0.481 e. The normalized spacial score (nSPS) is 20.6. The summed E-state index contributed by atoms with van der Waals surface area (Å²) in [6.45, 7) is 0. The van der Waals surface area contributed by atoms with E-state index in [0.717, 1.165) is 5.56 Å². The fourth-order valence-corrected chi connectivity index (χ4v) is 3.18. The van der Waals surface area contributed by atoms with Gasteiger partial charge in [-0.3, -0.25) is 9.59 Å². The third-order valence-corrected chi connectivity index (χ3v) is 5.43. The van der Waals surface area contributed by atoms with Gasteiger partial charge >= 0.3 is 5.97 Å². The van der Waals surface area contributed by atoms with Crippen LogP contribution in [0.25, 0.3) is 0 Å². The average molecular weight is 340 g/mol. The highest BCUT2D eigenvalue weighted by Crippen LogP contribution is 2.27. The van der Waals surface area contributed by atoms with Gasteiger partial charge in [-0.2, -0.15) is 0 Å². The lowest BCUT2D eigenvalue weighted by Crippen LogP contribution is -2.46. The topological polar surface area (TPSA) is 113 Å². The Bertz CT molecular complexity index is 678. The fraction of sp³-hybridized carbons (Fsp3) is 0.467. The number of amides is 1. The minimum atomic E-state index is -3.45. The summed E-state index contributed by atoms with van der Waals surface area (Å²) in [4.78, 5) is 22.7. The van der Waals surface area contributed by atoms with Crippen molar-refractivity contribution in [1.29, 1.82) is 0 Å². The number of benzene rings is 1. The first kappa shape index (κ1) is 17.4. The molecule has 1 aliphatic carbocycles. The molecule has 1 fully saturated rings. The molecule has 0 heterocycles. The number of hydrogen-bond acceptors (Lipinski definition) is 4. The van der Waals surface area contributed by atoms with Gasteiger partial charge in [-0.1, -0.05) is 12.1 Å². The van der Waals surface area contributed by atoms with E-state index in [0.29, 0.717) is 19.3 Å². The predicted molar refractivity (Wildman–Crippen MR) is 83.3 cm³/mol. The van der Waals surface area contributed by atoms with Gasteiger partial charge in [0, 0.05) is 12.5 Å². The number of hydrogen-bond donors (Lipinski definition) is 3. The van der Waals surface area contributed by atoms with Crippen LogP contribution in [0, 0.1) is 5.92 Å². The highest BCUT2D eigenvalue weighted by Gasteiger charge is 2.35. The molecule has 1 aromatic rings. The van der Waals surface area contributed by atoms with Crippen LogP contribution in [0.15, 0.2) is 29.2 Å². The molecule has 7 nitrogen and oxygen atoms in total. The molecule has 1 aliphatic rings. The van der Waals surface area contributed by atoms with Gasteiger partial charge in [0.2, 0.25) is 15.9 Å². The summed E-state index contributed by atoms with van der Waals surface area (Å²) in [6, 6.07) is 6.32. The Kier molecular flexibility index (Phi) is 5.38. The molecule has 0 radical (unpaired) electrons. The minimum absolute atomic E-state index is 0.0493. The lowest BCUT2D eigenvalue weighted by Gasteiger charge is -2.32. The van der Waals surface area contributed by atoms with Gasteiger partial charge < -0.3 is 10.4 Å². The highest BCUT2D eigenvalue weighted by molar-refractivity contribution is 7.89. The van der Waals surface area contributed by atoms with Gasteiger partial charge in [0.05, 0.1) is 10.8 Å². The van der Waals surface area contributed by atoms with Gasteiger partial charge in [-0.15, -0.1) is 0 Å². The zero-order valence-corrected chi connectivity index (χ0v) is 13.6. The Morgan fingerprint density at radius 1 is 1.22 bits per heavy atom. The van der Waals surface area contributed by atoms with Crippen LogP contribution in [0.4, 0.5) is 0 Å². The maximum Gasteiger partial charge on any atom is 0.306 e. The summed E-state index contributed by atoms with van der Waals surface area (Å²) in [7, 11) is -2.10. The number of carbonyl (C=O) groups excluding carboxylic acids is 1. The molecule has 0 aromatic heterocycles. The number of carboxylic acids is 1. The number of sulfonamides is 1. The van der Waals surface area contributed by atoms with E-state index in [1.807, 2.05) is 0 Å². The van der Waals surface area contributed by atoms with Crippen LogP contribution in [0.3, 0.4) is 0 Å². The Balaban J connectivity index is 1.78. The lowest BCUT2D eigenvalue weighted by molar-refractivity contribution is -0.146. The summed E-state index contributed by atoms with van der Waals surface area (Å²) in [6.07, 6.45) is 1.75. The zero-order valence-electron chi connectivity index (χ0n) is 12.8. The smallest absolute Gasteiger partial charge is 0.306 e. The zero-order chi connectivity index (χ0) is 17.0. The molecule has 23 heavy (non-hydrogen) atoms. The van der Waals surface area contributed by atoms with E-state index in [1.54, 1.807) is 12.1 Å². The van der Waals surface area contributed by atoms with Gasteiger partial charge in [-0.05, 0) is 44.0 Å². The molecular weight excluding hydrogens is 320 g/mol. The van der Waals surface area contributed by atoms with Crippen molar-refractivity contribution >= 4 is 21.9 Å². The molecule has 1 saturated carbocycles. The predicted octanol–water partition coefficient (Wildman–Crippen LogP) is 0.507. The van der Waals surface area contributed by atoms with E-state index < -0.39 is 16.0 Å². The van der Waals surface area contributed by atoms with E-state index in [9.17, 15) is 18.0 Å². The van der Waals surface area contributed by atoms with Crippen LogP contribution >= 0.6 is 0 Å². The maximum atomic E-state index is 11.8. The second-order valence-electron chi connectivity index (χ2n) is 5.62. The van der Waals surface area contributed by atoms with Crippen molar-refractivity contribution in [2.24, 2.45) is 5.92 Å². The van der Waals surface area contributed by atoms with E-state index in [4.69, 9.17) is 5.11 Å². The summed E-state index contributed by atoms with van der Waals surface area (Å²) in [5, 5.41) is 11.6. The van der Waals surface area contributed by atoms with Gasteiger partial charge in [0.25, 0.3) is 0 Å². The molecule has 3 N–H and O–H groups in total. The van der Waals surface area contributed by atoms with Crippen molar-refractivity contribution in [3.8, 4) is 0 Å². The number of aryl methyl sites for hydroxylation is 1. The third kappa shape index (κ3) is 4.52. The van der Waals surface area contributed by atoms with Gasteiger partial charge in [0.1, 0.15) is 0 Å². The molecule has 0 unspecified atom stereocenters. The van der Waals surface area contributed by atoms with E-state index in [-0.39, 0.29) is 29.2 Å². The third-order valence-electron chi connectivity index (χ3n) is 4.00. The second kappa shape index (κ2) is 7.10. The summed E-state index contributed by atoms with van der Waals surface area (Å²) in [5.41, 5.74) is 0.868. The number of carboxylic acid groups (broad SMARTS) is 1. The maximum absolute atomic E-state index is 11.8. The van der Waals surface area contributed by atoms with E-state index in [1.165, 1.54) is 19.2 Å². The first-order chi connectivity index (χ1) is 10.8. The van der Waals surface area contributed by atoms with Crippen LogP contribution in [0.2, 0.25) is 0 Å². The lowest BCUT2D eigenvalue weighted by atomic mass is 9.80. The molecule has 8 heteroatoms. The van der Waals surface area contributed by atoms with Crippen molar-refractivity contribution in [2.75, 3.05) is 7.05 Å². The van der Waals surface area contributed by atoms with Crippen LogP contribution in [0.5, 0.6) is 0 Å². The van der Waals surface area contributed by atoms with Crippen LogP contribution in [0.1, 0.15) is 24.8 Å². The molecular formula is C15H20N2O5S. The minimum Gasteiger partial charge on any atom is -0.481 e. The first-order valence-electron chi connectivity index (χ1n) is 7.36. The highest BCUT2D eigenvalue weighted by atomic mass is 32.2. The number of aliphatic carboxylic acids is 1. The van der Waals surface area contributed by atoms with Crippen LogP contribution in [-0.4, -0.2) is 38.5 Å². The monoisotopic (exact) mass is 340 g/mol. The molecule has 0 aliphatic heterocycles. The molecule has 0 spiro atoms. The SMILES string of the molecule is CNS(=O)(=O)c1ccc(CCC(=O)NC2CC(C(=O)O)C2)cc1.